The second kappa shape index (κ2) is 4.06. The molecule has 0 amide bonds. The molecule has 100 valence electrons. The third kappa shape index (κ3) is 1.71. The van der Waals surface area contributed by atoms with Crippen LogP contribution < -0.4 is 0 Å². The molecule has 0 aromatic carbocycles. The predicted molar refractivity (Wildman–Crippen MR) is 71.0 cm³/mol. The highest BCUT2D eigenvalue weighted by atomic mass is 16.4. The van der Waals surface area contributed by atoms with E-state index in [1.165, 1.54) is 32.1 Å². The summed E-state index contributed by atoms with van der Waals surface area (Å²) in [7, 11) is 0. The Bertz CT molecular complexity index is 497. The van der Waals surface area contributed by atoms with Gasteiger partial charge in [0.2, 0.25) is 0 Å². The summed E-state index contributed by atoms with van der Waals surface area (Å²) in [4.78, 5) is 15.6. The van der Waals surface area contributed by atoms with Crippen molar-refractivity contribution in [3.8, 4) is 0 Å². The molecule has 1 N–H and O–H groups in total. The number of hydrogen-bond acceptors (Lipinski definition) is 2. The van der Waals surface area contributed by atoms with Crippen molar-refractivity contribution in [1.29, 1.82) is 0 Å². The van der Waals surface area contributed by atoms with Gasteiger partial charge in [0.25, 0.3) is 0 Å². The Labute approximate surface area is 113 Å². The van der Waals surface area contributed by atoms with Crippen LogP contribution in [0.15, 0.2) is 18.5 Å². The molecule has 19 heavy (non-hydrogen) atoms. The van der Waals surface area contributed by atoms with Gasteiger partial charge >= 0.3 is 5.97 Å². The molecule has 1 heterocycles. The first-order valence-electron chi connectivity index (χ1n) is 7.39. The predicted octanol–water partition coefficient (Wildman–Crippen LogP) is 3.32. The molecule has 1 aromatic heterocycles. The lowest BCUT2D eigenvalue weighted by atomic mass is 9.50. The number of carboxylic acid groups (broad SMARTS) is 1. The van der Waals surface area contributed by atoms with Gasteiger partial charge in [-0.25, -0.2) is 4.79 Å². The van der Waals surface area contributed by atoms with Crippen molar-refractivity contribution in [1.82, 2.24) is 4.98 Å². The Morgan fingerprint density at radius 2 is 1.74 bits per heavy atom. The zero-order valence-electron chi connectivity index (χ0n) is 11.0. The number of carbonyl (C=O) groups is 1. The van der Waals surface area contributed by atoms with Crippen LogP contribution in [0.4, 0.5) is 0 Å². The van der Waals surface area contributed by atoms with Crippen LogP contribution in [0, 0.1) is 23.7 Å². The Hall–Kier alpha value is -1.38. The molecule has 0 atom stereocenters. The minimum absolute atomic E-state index is 0.451. The Kier molecular flexibility index (Phi) is 2.44. The van der Waals surface area contributed by atoms with E-state index in [4.69, 9.17) is 0 Å². The molecule has 4 saturated carbocycles. The molecule has 0 saturated heterocycles. The maximum absolute atomic E-state index is 11.4. The largest absolute Gasteiger partial charge is 0.478 e. The number of pyridine rings is 1. The van der Waals surface area contributed by atoms with Crippen molar-refractivity contribution in [2.75, 3.05) is 0 Å². The van der Waals surface area contributed by atoms with E-state index in [2.05, 4.69) is 4.98 Å². The topological polar surface area (TPSA) is 50.2 Å². The fraction of sp³-hybridized carbons (Fsp3) is 0.625. The van der Waals surface area contributed by atoms with Crippen molar-refractivity contribution in [3.63, 3.8) is 0 Å². The third-order valence-corrected chi connectivity index (χ3v) is 5.67. The minimum Gasteiger partial charge on any atom is -0.478 e. The number of aromatic nitrogens is 1. The molecule has 4 fully saturated rings. The summed E-state index contributed by atoms with van der Waals surface area (Å²) >= 11 is 0. The average molecular weight is 257 g/mol. The molecule has 4 aliphatic rings. The van der Waals surface area contributed by atoms with Crippen LogP contribution in [0.25, 0.3) is 0 Å². The van der Waals surface area contributed by atoms with Crippen molar-refractivity contribution in [3.05, 3.63) is 29.6 Å². The first kappa shape index (κ1) is 11.4. The van der Waals surface area contributed by atoms with Gasteiger partial charge in [-0.3, -0.25) is 4.98 Å². The van der Waals surface area contributed by atoms with Crippen LogP contribution in [-0.4, -0.2) is 16.1 Å². The smallest absolute Gasteiger partial charge is 0.336 e. The molecule has 5 rings (SSSR count). The Balaban J connectivity index is 1.75. The summed E-state index contributed by atoms with van der Waals surface area (Å²) < 4.78 is 0. The van der Waals surface area contributed by atoms with Crippen LogP contribution in [0.2, 0.25) is 0 Å². The number of carboxylic acids is 1. The highest BCUT2D eigenvalue weighted by Gasteiger charge is 2.49. The first-order valence-corrected chi connectivity index (χ1v) is 7.39. The van der Waals surface area contributed by atoms with Gasteiger partial charge in [0.1, 0.15) is 0 Å². The zero-order chi connectivity index (χ0) is 13.0. The van der Waals surface area contributed by atoms with Gasteiger partial charge in [-0.1, -0.05) is 0 Å². The third-order valence-electron chi connectivity index (χ3n) is 5.67. The Morgan fingerprint density at radius 1 is 1.11 bits per heavy atom. The van der Waals surface area contributed by atoms with Crippen LogP contribution in [0.5, 0.6) is 0 Å². The maximum Gasteiger partial charge on any atom is 0.336 e. The van der Waals surface area contributed by atoms with E-state index >= 15 is 0 Å². The van der Waals surface area contributed by atoms with Gasteiger partial charge in [-0.2, -0.15) is 0 Å². The van der Waals surface area contributed by atoms with E-state index < -0.39 is 5.97 Å². The van der Waals surface area contributed by atoms with Crippen molar-refractivity contribution in [2.24, 2.45) is 23.7 Å². The average Bonchev–Trinajstić information content (AvgIpc) is 2.37. The molecule has 0 unspecified atom stereocenters. The van der Waals surface area contributed by atoms with E-state index in [-0.39, 0.29) is 0 Å². The molecule has 4 aliphatic carbocycles. The normalized spacial score (nSPS) is 39.5. The summed E-state index contributed by atoms with van der Waals surface area (Å²) in [5.74, 6) is 2.91. The van der Waals surface area contributed by atoms with Crippen molar-refractivity contribution >= 4 is 5.97 Å². The zero-order valence-corrected chi connectivity index (χ0v) is 11.0. The second-order valence-corrected chi connectivity index (χ2v) is 6.72. The summed E-state index contributed by atoms with van der Waals surface area (Å²) in [6.07, 6.45) is 10.1. The van der Waals surface area contributed by atoms with Crippen molar-refractivity contribution < 1.29 is 9.90 Å². The highest BCUT2D eigenvalue weighted by Crippen LogP contribution is 2.59. The number of hydrogen-bond donors (Lipinski definition) is 1. The quantitative estimate of drug-likeness (QED) is 0.884. The number of aromatic carboxylic acids is 1. The standard InChI is InChI=1S/C16H19NO2/c18-16(19)13-1-2-17-8-14(13)15-11-4-9-3-10(6-11)7-12(15)5-9/h1-2,8-12,15H,3-7H2,(H,18,19). The van der Waals surface area contributed by atoms with E-state index in [0.717, 1.165) is 17.4 Å². The lowest BCUT2D eigenvalue weighted by Gasteiger charge is -2.54. The molecule has 3 nitrogen and oxygen atoms in total. The number of nitrogens with zero attached hydrogens (tertiary/aromatic N) is 1. The summed E-state index contributed by atoms with van der Waals surface area (Å²) in [5.41, 5.74) is 1.48. The fourth-order valence-electron chi connectivity index (χ4n) is 5.30. The van der Waals surface area contributed by atoms with Gasteiger partial charge < -0.3 is 5.11 Å². The van der Waals surface area contributed by atoms with E-state index in [1.807, 2.05) is 6.20 Å². The SMILES string of the molecule is O=C(O)c1ccncc1C1C2CC3CC(C2)CC1C3. The number of rotatable bonds is 2. The van der Waals surface area contributed by atoms with Gasteiger partial charge in [-0.05, 0) is 73.3 Å². The van der Waals surface area contributed by atoms with Gasteiger partial charge in [0.15, 0.2) is 0 Å². The molecule has 3 heteroatoms. The lowest BCUT2D eigenvalue weighted by Crippen LogP contribution is -2.44. The summed E-state index contributed by atoms with van der Waals surface area (Å²) in [5, 5.41) is 9.39. The van der Waals surface area contributed by atoms with E-state index in [1.54, 1.807) is 12.3 Å². The highest BCUT2D eigenvalue weighted by molar-refractivity contribution is 5.89. The second-order valence-electron chi connectivity index (χ2n) is 6.72. The summed E-state index contributed by atoms with van der Waals surface area (Å²) in [6.45, 7) is 0. The molecular weight excluding hydrogens is 238 g/mol. The van der Waals surface area contributed by atoms with Crippen LogP contribution in [-0.2, 0) is 0 Å². The van der Waals surface area contributed by atoms with Gasteiger partial charge in [0, 0.05) is 12.4 Å². The lowest BCUT2D eigenvalue weighted by molar-refractivity contribution is -0.00326. The van der Waals surface area contributed by atoms with Gasteiger partial charge in [-0.15, -0.1) is 0 Å². The molecule has 1 aromatic rings. The Morgan fingerprint density at radius 3 is 2.32 bits per heavy atom. The summed E-state index contributed by atoms with van der Waals surface area (Å²) in [6, 6.07) is 1.67. The van der Waals surface area contributed by atoms with Crippen LogP contribution in [0.1, 0.15) is 53.9 Å². The molecule has 0 radical (unpaired) electrons. The van der Waals surface area contributed by atoms with Crippen molar-refractivity contribution in [2.45, 2.75) is 38.0 Å². The molecule has 4 bridgehead atoms. The van der Waals surface area contributed by atoms with Gasteiger partial charge in [0.05, 0.1) is 5.56 Å². The minimum atomic E-state index is -0.800. The van der Waals surface area contributed by atoms with Crippen LogP contribution >= 0.6 is 0 Å². The molecule has 0 spiro atoms. The monoisotopic (exact) mass is 257 g/mol. The van der Waals surface area contributed by atoms with E-state index in [9.17, 15) is 9.90 Å². The first-order chi connectivity index (χ1) is 9.22. The molecular formula is C16H19NO2. The van der Waals surface area contributed by atoms with Crippen LogP contribution in [0.3, 0.4) is 0 Å². The fourth-order valence-corrected chi connectivity index (χ4v) is 5.30. The molecule has 0 aliphatic heterocycles. The maximum atomic E-state index is 11.4. The van der Waals surface area contributed by atoms with E-state index in [0.29, 0.717) is 23.3 Å².